The molecule has 0 aromatic heterocycles. The van der Waals surface area contributed by atoms with Crippen LogP contribution < -0.4 is 10.1 Å². The summed E-state index contributed by atoms with van der Waals surface area (Å²) >= 11 is 0. The highest BCUT2D eigenvalue weighted by molar-refractivity contribution is 7.92. The van der Waals surface area contributed by atoms with Gasteiger partial charge in [-0.2, -0.15) is 0 Å². The van der Waals surface area contributed by atoms with Crippen LogP contribution in [0.25, 0.3) is 0 Å². The zero-order valence-electron chi connectivity index (χ0n) is 9.48. The predicted octanol–water partition coefficient (Wildman–Crippen LogP) is 0.508. The summed E-state index contributed by atoms with van der Waals surface area (Å²) in [6, 6.07) is 6.02. The molecule has 3 rings (SSSR count). The summed E-state index contributed by atoms with van der Waals surface area (Å²) < 4.78 is 27.9. The Morgan fingerprint density at radius 3 is 2.88 bits per heavy atom. The second kappa shape index (κ2) is 3.99. The molecule has 2 aliphatic heterocycles. The predicted molar refractivity (Wildman–Crippen MR) is 64.9 cm³/mol. The highest BCUT2D eigenvalue weighted by atomic mass is 32.2. The highest BCUT2D eigenvalue weighted by Gasteiger charge is 2.35. The molecule has 0 spiro atoms. The van der Waals surface area contributed by atoms with E-state index in [9.17, 15) is 8.42 Å². The number of hydrogen-bond acceptors (Lipinski definition) is 4. The minimum Gasteiger partial charge on any atom is -0.488 e. The summed E-state index contributed by atoms with van der Waals surface area (Å²) in [5.41, 5.74) is 2.49. The highest BCUT2D eigenvalue weighted by Crippen LogP contribution is 2.28. The van der Waals surface area contributed by atoms with Crippen molar-refractivity contribution in [1.82, 2.24) is 5.32 Å². The molecule has 17 heavy (non-hydrogen) atoms. The molecule has 0 bridgehead atoms. The quantitative estimate of drug-likeness (QED) is 0.834. The first-order chi connectivity index (χ1) is 8.14. The largest absolute Gasteiger partial charge is 0.488 e. The Labute approximate surface area is 101 Å². The van der Waals surface area contributed by atoms with Crippen LogP contribution in [0.15, 0.2) is 18.2 Å². The van der Waals surface area contributed by atoms with Crippen LogP contribution in [0, 0.1) is 0 Å². The standard InChI is InChI=1S/C12H15NO3S/c14-17(15)7-10(8-17)16-12-3-1-2-9-4-5-13-6-11(9)12/h1-3,10,13H,4-8H2. The van der Waals surface area contributed by atoms with Gasteiger partial charge < -0.3 is 10.1 Å². The average Bonchev–Trinajstić information content (AvgIpc) is 2.27. The average molecular weight is 253 g/mol. The molecule has 4 nitrogen and oxygen atoms in total. The van der Waals surface area contributed by atoms with Gasteiger partial charge >= 0.3 is 0 Å². The second-order valence-corrected chi connectivity index (χ2v) is 6.79. The van der Waals surface area contributed by atoms with Gasteiger partial charge in [0.05, 0.1) is 11.5 Å². The smallest absolute Gasteiger partial charge is 0.157 e. The minimum absolute atomic E-state index is 0.157. The lowest BCUT2D eigenvalue weighted by molar-refractivity contribution is 0.227. The van der Waals surface area contributed by atoms with Crippen molar-refractivity contribution in [3.05, 3.63) is 29.3 Å². The Bertz CT molecular complexity index is 527. The number of sulfone groups is 1. The molecule has 92 valence electrons. The lowest BCUT2D eigenvalue weighted by Gasteiger charge is -2.29. The molecule has 2 heterocycles. The van der Waals surface area contributed by atoms with Crippen LogP contribution in [0.5, 0.6) is 5.75 Å². The van der Waals surface area contributed by atoms with Gasteiger partial charge in [-0.05, 0) is 24.6 Å². The number of hydrogen-bond donors (Lipinski definition) is 1. The van der Waals surface area contributed by atoms with Crippen LogP contribution in [0.4, 0.5) is 0 Å². The molecule has 0 unspecified atom stereocenters. The lowest BCUT2D eigenvalue weighted by atomic mass is 10.0. The number of ether oxygens (including phenoxy) is 1. The van der Waals surface area contributed by atoms with E-state index in [4.69, 9.17) is 4.74 Å². The Kier molecular flexibility index (Phi) is 2.60. The van der Waals surface area contributed by atoms with Crippen molar-refractivity contribution in [3.63, 3.8) is 0 Å². The van der Waals surface area contributed by atoms with Crippen molar-refractivity contribution in [2.45, 2.75) is 19.1 Å². The number of fused-ring (bicyclic) bond motifs is 1. The zero-order chi connectivity index (χ0) is 11.9. The molecular formula is C12H15NO3S. The molecule has 2 aliphatic rings. The summed E-state index contributed by atoms with van der Waals surface area (Å²) in [5, 5.41) is 3.31. The topological polar surface area (TPSA) is 55.4 Å². The third-order valence-electron chi connectivity index (χ3n) is 3.28. The zero-order valence-corrected chi connectivity index (χ0v) is 10.3. The van der Waals surface area contributed by atoms with Gasteiger partial charge in [0.25, 0.3) is 0 Å². The maximum Gasteiger partial charge on any atom is 0.157 e. The molecule has 1 aromatic rings. The molecule has 0 saturated carbocycles. The van der Waals surface area contributed by atoms with Crippen molar-refractivity contribution >= 4 is 9.84 Å². The van der Waals surface area contributed by atoms with E-state index in [1.807, 2.05) is 12.1 Å². The van der Waals surface area contributed by atoms with Gasteiger partial charge in [-0.1, -0.05) is 12.1 Å². The maximum atomic E-state index is 11.1. The third-order valence-corrected chi connectivity index (χ3v) is 5.04. The van der Waals surface area contributed by atoms with E-state index in [2.05, 4.69) is 11.4 Å². The molecule has 0 atom stereocenters. The molecule has 0 radical (unpaired) electrons. The van der Waals surface area contributed by atoms with Crippen LogP contribution in [-0.2, 0) is 22.8 Å². The number of rotatable bonds is 2. The van der Waals surface area contributed by atoms with Crippen molar-refractivity contribution in [1.29, 1.82) is 0 Å². The van der Waals surface area contributed by atoms with Gasteiger partial charge in [0.15, 0.2) is 9.84 Å². The normalized spacial score (nSPS) is 22.6. The molecule has 1 saturated heterocycles. The van der Waals surface area contributed by atoms with Crippen LogP contribution in [-0.4, -0.2) is 32.6 Å². The summed E-state index contributed by atoms with van der Waals surface area (Å²) in [6.45, 7) is 1.80. The molecule has 1 aromatic carbocycles. The van der Waals surface area contributed by atoms with E-state index in [0.29, 0.717) is 0 Å². The molecule has 0 amide bonds. The molecule has 1 N–H and O–H groups in total. The summed E-state index contributed by atoms with van der Waals surface area (Å²) in [4.78, 5) is 0. The first kappa shape index (κ1) is 11.0. The van der Waals surface area contributed by atoms with Crippen molar-refractivity contribution in [2.75, 3.05) is 18.1 Å². The summed E-state index contributed by atoms with van der Waals surface area (Å²) in [6.07, 6.45) is 0.851. The van der Waals surface area contributed by atoms with Gasteiger partial charge in [0, 0.05) is 12.1 Å². The number of benzene rings is 1. The molecule has 0 aliphatic carbocycles. The molecule has 5 heteroatoms. The summed E-state index contributed by atoms with van der Waals surface area (Å²) in [7, 11) is -2.81. The second-order valence-electron chi connectivity index (χ2n) is 4.64. The van der Waals surface area contributed by atoms with E-state index in [1.54, 1.807) is 0 Å². The van der Waals surface area contributed by atoms with Gasteiger partial charge in [-0.3, -0.25) is 0 Å². The Morgan fingerprint density at radius 2 is 2.12 bits per heavy atom. The van der Waals surface area contributed by atoms with Gasteiger partial charge in [-0.25, -0.2) is 8.42 Å². The first-order valence-corrected chi connectivity index (χ1v) is 7.65. The SMILES string of the molecule is O=S1(=O)CC(Oc2cccc3c2CNCC3)C1. The van der Waals surface area contributed by atoms with Gasteiger partial charge in [-0.15, -0.1) is 0 Å². The minimum atomic E-state index is -2.81. The van der Waals surface area contributed by atoms with Gasteiger partial charge in [0.2, 0.25) is 0 Å². The monoisotopic (exact) mass is 253 g/mol. The van der Waals surface area contributed by atoms with E-state index in [-0.39, 0.29) is 17.6 Å². The lowest BCUT2D eigenvalue weighted by Crippen LogP contribution is -2.45. The Hall–Kier alpha value is -1.07. The summed E-state index contributed by atoms with van der Waals surface area (Å²) in [5.74, 6) is 1.16. The fourth-order valence-corrected chi connectivity index (χ4v) is 3.53. The number of nitrogens with one attached hydrogen (secondary N) is 1. The Balaban J connectivity index is 1.79. The van der Waals surface area contributed by atoms with Crippen molar-refractivity contribution in [3.8, 4) is 5.75 Å². The molecule has 1 fully saturated rings. The fraction of sp³-hybridized carbons (Fsp3) is 0.500. The van der Waals surface area contributed by atoms with Crippen molar-refractivity contribution in [2.24, 2.45) is 0 Å². The van der Waals surface area contributed by atoms with Crippen LogP contribution in [0.1, 0.15) is 11.1 Å². The van der Waals surface area contributed by atoms with E-state index >= 15 is 0 Å². The third kappa shape index (κ3) is 2.17. The van der Waals surface area contributed by atoms with Gasteiger partial charge in [0.1, 0.15) is 11.9 Å². The van der Waals surface area contributed by atoms with Crippen LogP contribution >= 0.6 is 0 Å². The van der Waals surface area contributed by atoms with Crippen molar-refractivity contribution < 1.29 is 13.2 Å². The van der Waals surface area contributed by atoms with E-state index in [1.165, 1.54) is 11.1 Å². The van der Waals surface area contributed by atoms with Crippen LogP contribution in [0.2, 0.25) is 0 Å². The molecular weight excluding hydrogens is 238 g/mol. The van der Waals surface area contributed by atoms with Crippen LogP contribution in [0.3, 0.4) is 0 Å². The van der Waals surface area contributed by atoms with E-state index in [0.717, 1.165) is 25.3 Å². The Morgan fingerprint density at radius 1 is 1.29 bits per heavy atom. The van der Waals surface area contributed by atoms with E-state index < -0.39 is 9.84 Å². The maximum absolute atomic E-state index is 11.1. The first-order valence-electron chi connectivity index (χ1n) is 5.83. The fourth-order valence-electron chi connectivity index (χ4n) is 2.36.